The Labute approximate surface area is 136 Å². The van der Waals surface area contributed by atoms with Crippen molar-refractivity contribution in [3.05, 3.63) is 29.6 Å². The smallest absolute Gasteiger partial charge is 0.320 e. The molecule has 126 valence electrons. The zero-order chi connectivity index (χ0) is 16.4. The number of ether oxygens (including phenoxy) is 1. The molecule has 5 nitrogen and oxygen atoms in total. The Hall–Kier alpha value is -1.82. The van der Waals surface area contributed by atoms with Crippen molar-refractivity contribution in [2.45, 2.75) is 25.4 Å². The van der Waals surface area contributed by atoms with Gasteiger partial charge in [-0.15, -0.1) is 0 Å². The van der Waals surface area contributed by atoms with Gasteiger partial charge < -0.3 is 14.5 Å². The van der Waals surface area contributed by atoms with E-state index in [9.17, 15) is 9.18 Å². The molecular weight excluding hydrogens is 297 g/mol. The molecule has 1 aromatic rings. The predicted molar refractivity (Wildman–Crippen MR) is 86.0 cm³/mol. The molecule has 0 radical (unpaired) electrons. The van der Waals surface area contributed by atoms with Crippen LogP contribution in [0, 0.1) is 5.82 Å². The first-order chi connectivity index (χ1) is 11.1. The van der Waals surface area contributed by atoms with E-state index in [0.717, 1.165) is 51.1 Å². The number of nitrogens with zero attached hydrogens (tertiary/aromatic N) is 3. The van der Waals surface area contributed by atoms with Crippen molar-refractivity contribution in [3.8, 4) is 5.75 Å². The van der Waals surface area contributed by atoms with Crippen LogP contribution in [0.1, 0.15) is 18.4 Å². The molecule has 3 rings (SSSR count). The largest absolute Gasteiger partial charge is 0.494 e. The fourth-order valence-electron chi connectivity index (χ4n) is 3.46. The number of hydrogen-bond acceptors (Lipinski definition) is 3. The van der Waals surface area contributed by atoms with E-state index < -0.39 is 0 Å². The van der Waals surface area contributed by atoms with Gasteiger partial charge in [0, 0.05) is 45.8 Å². The van der Waals surface area contributed by atoms with Crippen LogP contribution in [0.5, 0.6) is 5.75 Å². The number of likely N-dealkylation sites (N-methyl/N-ethyl adjacent to an activating group) is 1. The zero-order valence-corrected chi connectivity index (χ0v) is 13.8. The molecular formula is C17H24FN3O2. The van der Waals surface area contributed by atoms with Crippen LogP contribution >= 0.6 is 0 Å². The number of urea groups is 1. The van der Waals surface area contributed by atoms with Gasteiger partial charge in [0.1, 0.15) is 0 Å². The Bertz CT molecular complexity index is 573. The maximum atomic E-state index is 13.8. The van der Waals surface area contributed by atoms with Crippen LogP contribution < -0.4 is 4.74 Å². The van der Waals surface area contributed by atoms with Crippen molar-refractivity contribution in [3.63, 3.8) is 0 Å². The number of carbonyl (C=O) groups excluding carboxylic acids is 1. The molecule has 23 heavy (non-hydrogen) atoms. The molecule has 0 spiro atoms. The number of carbonyl (C=O) groups is 1. The van der Waals surface area contributed by atoms with E-state index in [4.69, 9.17) is 4.74 Å². The summed E-state index contributed by atoms with van der Waals surface area (Å²) in [6, 6.07) is 5.63. The van der Waals surface area contributed by atoms with Crippen molar-refractivity contribution in [1.29, 1.82) is 0 Å². The Morgan fingerprint density at radius 2 is 1.96 bits per heavy atom. The van der Waals surface area contributed by atoms with Crippen molar-refractivity contribution in [1.82, 2.24) is 14.7 Å². The molecule has 2 fully saturated rings. The number of rotatable bonds is 4. The molecule has 0 atom stereocenters. The van der Waals surface area contributed by atoms with Crippen molar-refractivity contribution in [2.24, 2.45) is 0 Å². The first-order valence-corrected chi connectivity index (χ1v) is 8.15. The lowest BCUT2D eigenvalue weighted by molar-refractivity contribution is 0.127. The van der Waals surface area contributed by atoms with E-state index in [1.807, 2.05) is 18.0 Å². The molecule has 2 aliphatic rings. The van der Waals surface area contributed by atoms with E-state index >= 15 is 0 Å². The molecule has 6 heteroatoms. The summed E-state index contributed by atoms with van der Waals surface area (Å²) >= 11 is 0. The monoisotopic (exact) mass is 321 g/mol. The molecule has 2 aliphatic heterocycles. The molecule has 0 N–H and O–H groups in total. The summed E-state index contributed by atoms with van der Waals surface area (Å²) in [4.78, 5) is 18.2. The summed E-state index contributed by atoms with van der Waals surface area (Å²) in [6.45, 7) is 4.27. The van der Waals surface area contributed by atoms with Gasteiger partial charge in [0.2, 0.25) is 0 Å². The fraction of sp³-hybridized carbons (Fsp3) is 0.588. The normalized spacial score (nSPS) is 20.4. The number of likely N-dealkylation sites (tertiary alicyclic amines) is 1. The lowest BCUT2D eigenvalue weighted by Gasteiger charge is -2.36. The number of benzene rings is 1. The number of amides is 2. The molecule has 1 aromatic carbocycles. The van der Waals surface area contributed by atoms with Crippen molar-refractivity contribution >= 4 is 6.03 Å². The summed E-state index contributed by atoms with van der Waals surface area (Å²) in [5, 5.41) is 0. The highest BCUT2D eigenvalue weighted by Gasteiger charge is 2.33. The highest BCUT2D eigenvalue weighted by atomic mass is 19.1. The number of halogens is 1. The van der Waals surface area contributed by atoms with Gasteiger partial charge in [-0.3, -0.25) is 4.90 Å². The third-order valence-electron chi connectivity index (χ3n) is 4.87. The molecule has 0 unspecified atom stereocenters. The van der Waals surface area contributed by atoms with E-state index in [1.165, 1.54) is 7.11 Å². The molecule has 0 saturated carbocycles. The van der Waals surface area contributed by atoms with Crippen LogP contribution in [-0.4, -0.2) is 67.1 Å². The summed E-state index contributed by atoms with van der Waals surface area (Å²) < 4.78 is 18.7. The average molecular weight is 321 g/mol. The lowest BCUT2D eigenvalue weighted by Crippen LogP contribution is -2.46. The molecule has 2 saturated heterocycles. The Morgan fingerprint density at radius 1 is 1.22 bits per heavy atom. The predicted octanol–water partition coefficient (Wildman–Crippen LogP) is 2.17. The minimum Gasteiger partial charge on any atom is -0.494 e. The maximum Gasteiger partial charge on any atom is 0.320 e. The standard InChI is InChI=1S/C17H24FN3O2/c1-19-9-10-21(17(19)22)14-5-7-20(8-6-14)12-13-3-4-16(23-2)15(18)11-13/h3-4,11,14H,5-10,12H2,1-2H3. The van der Waals surface area contributed by atoms with Crippen LogP contribution in [0.25, 0.3) is 0 Å². The van der Waals surface area contributed by atoms with E-state index in [-0.39, 0.29) is 17.6 Å². The van der Waals surface area contributed by atoms with Gasteiger partial charge in [-0.05, 0) is 30.5 Å². The second-order valence-corrected chi connectivity index (χ2v) is 6.37. The lowest BCUT2D eigenvalue weighted by atomic mass is 10.0. The highest BCUT2D eigenvalue weighted by molar-refractivity contribution is 5.76. The van der Waals surface area contributed by atoms with E-state index in [2.05, 4.69) is 4.90 Å². The highest BCUT2D eigenvalue weighted by Crippen LogP contribution is 2.23. The van der Waals surface area contributed by atoms with E-state index in [1.54, 1.807) is 17.0 Å². The third-order valence-corrected chi connectivity index (χ3v) is 4.87. The van der Waals surface area contributed by atoms with E-state index in [0.29, 0.717) is 6.04 Å². The van der Waals surface area contributed by atoms with Gasteiger partial charge in [-0.2, -0.15) is 0 Å². The van der Waals surface area contributed by atoms with Gasteiger partial charge in [0.15, 0.2) is 11.6 Å². The maximum absolute atomic E-state index is 13.8. The molecule has 0 bridgehead atoms. The molecule has 0 aliphatic carbocycles. The minimum atomic E-state index is -0.314. The van der Waals surface area contributed by atoms with Gasteiger partial charge in [0.05, 0.1) is 7.11 Å². The minimum absolute atomic E-state index is 0.153. The second kappa shape index (κ2) is 6.74. The zero-order valence-electron chi connectivity index (χ0n) is 13.8. The molecule has 0 aromatic heterocycles. The van der Waals surface area contributed by atoms with Gasteiger partial charge in [-0.25, -0.2) is 9.18 Å². The third kappa shape index (κ3) is 3.42. The second-order valence-electron chi connectivity index (χ2n) is 6.37. The van der Waals surface area contributed by atoms with Gasteiger partial charge in [-0.1, -0.05) is 6.07 Å². The summed E-state index contributed by atoms with van der Waals surface area (Å²) in [6.07, 6.45) is 1.97. The summed E-state index contributed by atoms with van der Waals surface area (Å²) in [7, 11) is 3.33. The Kier molecular flexibility index (Phi) is 4.71. The van der Waals surface area contributed by atoms with Crippen LogP contribution in [-0.2, 0) is 6.54 Å². The average Bonchev–Trinajstić information content (AvgIpc) is 2.88. The van der Waals surface area contributed by atoms with Gasteiger partial charge >= 0.3 is 6.03 Å². The molecule has 2 amide bonds. The first-order valence-electron chi connectivity index (χ1n) is 8.15. The number of methoxy groups -OCH3 is 1. The first kappa shape index (κ1) is 16.1. The quantitative estimate of drug-likeness (QED) is 0.853. The van der Waals surface area contributed by atoms with Crippen molar-refractivity contribution in [2.75, 3.05) is 40.3 Å². The summed E-state index contributed by atoms with van der Waals surface area (Å²) in [5.74, 6) is -0.0327. The van der Waals surface area contributed by atoms with Crippen LogP contribution in [0.15, 0.2) is 18.2 Å². The Morgan fingerprint density at radius 3 is 2.52 bits per heavy atom. The Balaban J connectivity index is 1.53. The SMILES string of the molecule is COc1ccc(CN2CCC(N3CCN(C)C3=O)CC2)cc1F. The summed E-state index contributed by atoms with van der Waals surface area (Å²) in [5.41, 5.74) is 0.957. The fourth-order valence-corrected chi connectivity index (χ4v) is 3.46. The molecule has 2 heterocycles. The topological polar surface area (TPSA) is 36.0 Å². The number of piperidine rings is 1. The van der Waals surface area contributed by atoms with Crippen LogP contribution in [0.4, 0.5) is 9.18 Å². The van der Waals surface area contributed by atoms with Gasteiger partial charge in [0.25, 0.3) is 0 Å². The van der Waals surface area contributed by atoms with Crippen LogP contribution in [0.2, 0.25) is 0 Å². The number of hydrogen-bond donors (Lipinski definition) is 0. The van der Waals surface area contributed by atoms with Crippen molar-refractivity contribution < 1.29 is 13.9 Å². The van der Waals surface area contributed by atoms with Crippen LogP contribution in [0.3, 0.4) is 0 Å².